The summed E-state index contributed by atoms with van der Waals surface area (Å²) < 4.78 is 11.2. The molecule has 1 aromatic rings. The highest BCUT2D eigenvalue weighted by Gasteiger charge is 2.54. The van der Waals surface area contributed by atoms with Crippen molar-refractivity contribution in [2.75, 3.05) is 33.9 Å². The molecule has 0 aromatic heterocycles. The number of hydrogen-bond donors (Lipinski definition) is 1. The third-order valence-electron chi connectivity index (χ3n) is 7.38. The van der Waals surface area contributed by atoms with Crippen molar-refractivity contribution in [3.63, 3.8) is 0 Å². The van der Waals surface area contributed by atoms with Crippen LogP contribution in [-0.4, -0.2) is 55.7 Å². The van der Waals surface area contributed by atoms with Gasteiger partial charge in [0.2, 0.25) is 0 Å². The van der Waals surface area contributed by atoms with Gasteiger partial charge >= 0.3 is 0 Å². The van der Waals surface area contributed by atoms with E-state index < -0.39 is 5.60 Å². The lowest BCUT2D eigenvalue weighted by Gasteiger charge is -2.53. The number of nitrogens with zero attached hydrogens (tertiary/aromatic N) is 2. The molecular formula is C23H34N2O3. The molecule has 2 fully saturated rings. The first-order valence-electron chi connectivity index (χ1n) is 10.6. The van der Waals surface area contributed by atoms with Gasteiger partial charge in [-0.25, -0.2) is 0 Å². The minimum atomic E-state index is -1.00. The summed E-state index contributed by atoms with van der Waals surface area (Å²) in [4.78, 5) is 7.52. The Labute approximate surface area is 168 Å². The number of piperidine rings is 2. The number of fused-ring (bicyclic) bond motifs is 5. The molecule has 154 valence electrons. The third-order valence-corrected chi connectivity index (χ3v) is 7.38. The van der Waals surface area contributed by atoms with E-state index in [2.05, 4.69) is 25.7 Å². The number of aliphatic hydroxyl groups is 1. The molecule has 4 rings (SSSR count). The molecule has 0 amide bonds. The van der Waals surface area contributed by atoms with Crippen molar-refractivity contribution in [2.45, 2.75) is 51.7 Å². The number of aliphatic imine (C=N–C) groups is 1. The molecular weight excluding hydrogens is 352 g/mol. The van der Waals surface area contributed by atoms with Gasteiger partial charge in [0, 0.05) is 20.2 Å². The van der Waals surface area contributed by atoms with E-state index in [9.17, 15) is 5.11 Å². The average molecular weight is 387 g/mol. The molecule has 0 spiro atoms. The lowest BCUT2D eigenvalue weighted by Crippen LogP contribution is -2.61. The zero-order valence-corrected chi connectivity index (χ0v) is 17.9. The molecule has 0 radical (unpaired) electrons. The van der Waals surface area contributed by atoms with Gasteiger partial charge in [-0.1, -0.05) is 33.3 Å². The number of ether oxygens (including phenoxy) is 2. The highest BCUT2D eigenvalue weighted by atomic mass is 16.5. The molecule has 5 nitrogen and oxygen atoms in total. The van der Waals surface area contributed by atoms with Crippen LogP contribution in [-0.2, 0) is 10.3 Å². The van der Waals surface area contributed by atoms with E-state index in [1.54, 1.807) is 14.2 Å². The topological polar surface area (TPSA) is 54.3 Å². The highest BCUT2D eigenvalue weighted by Crippen LogP contribution is 2.52. The first-order chi connectivity index (χ1) is 13.4. The molecule has 0 bridgehead atoms. The Balaban J connectivity index is 1.71. The predicted octanol–water partition coefficient (Wildman–Crippen LogP) is 3.76. The summed E-state index contributed by atoms with van der Waals surface area (Å²) in [5.41, 5.74) is 1.74. The first kappa shape index (κ1) is 19.9. The van der Waals surface area contributed by atoms with Crippen molar-refractivity contribution in [1.82, 2.24) is 4.90 Å². The van der Waals surface area contributed by atoms with Gasteiger partial charge in [-0.05, 0) is 42.2 Å². The van der Waals surface area contributed by atoms with Gasteiger partial charge in [-0.2, -0.15) is 0 Å². The van der Waals surface area contributed by atoms with E-state index in [1.807, 2.05) is 18.2 Å². The third kappa shape index (κ3) is 2.90. The van der Waals surface area contributed by atoms with E-state index in [0.717, 1.165) is 48.8 Å². The summed E-state index contributed by atoms with van der Waals surface area (Å²) in [5, 5.41) is 11.8. The van der Waals surface area contributed by atoms with Crippen molar-refractivity contribution < 1.29 is 14.6 Å². The molecule has 3 aliphatic rings. The van der Waals surface area contributed by atoms with Crippen LogP contribution >= 0.6 is 0 Å². The predicted molar refractivity (Wildman–Crippen MR) is 112 cm³/mol. The summed E-state index contributed by atoms with van der Waals surface area (Å²) >= 11 is 0. The Kier molecular flexibility index (Phi) is 5.05. The Morgan fingerprint density at radius 2 is 2.11 bits per heavy atom. The molecule has 4 atom stereocenters. The zero-order valence-electron chi connectivity index (χ0n) is 17.9. The van der Waals surface area contributed by atoms with Crippen molar-refractivity contribution >= 4 is 11.4 Å². The standard InChI is InChI=1S/C23H34N2O3/c1-6-15-13-25-11-10-23(26)20-17(8-7-9-19(20)28-5)24-21(23)18(25)12-16(15)22(2,3)14-27-4/h7-9,15-16,18,26H,6,10-14H2,1-5H3/t15-,16+,18+,23+/m1/s1. The Morgan fingerprint density at radius 3 is 2.79 bits per heavy atom. The van der Waals surface area contributed by atoms with E-state index in [4.69, 9.17) is 14.5 Å². The smallest absolute Gasteiger partial charge is 0.136 e. The molecule has 0 aliphatic carbocycles. The second kappa shape index (κ2) is 7.12. The van der Waals surface area contributed by atoms with Crippen molar-refractivity contribution in [3.05, 3.63) is 23.8 Å². The van der Waals surface area contributed by atoms with Crippen LogP contribution in [0.3, 0.4) is 0 Å². The maximum atomic E-state index is 11.8. The number of benzene rings is 1. The lowest BCUT2D eigenvalue weighted by molar-refractivity contribution is -0.0389. The van der Waals surface area contributed by atoms with Crippen molar-refractivity contribution in [1.29, 1.82) is 0 Å². The summed E-state index contributed by atoms with van der Waals surface area (Å²) in [6.45, 7) is 9.67. The van der Waals surface area contributed by atoms with Gasteiger partial charge < -0.3 is 14.6 Å². The molecule has 28 heavy (non-hydrogen) atoms. The normalized spacial score (nSPS) is 32.4. The maximum absolute atomic E-state index is 11.8. The molecule has 2 saturated heterocycles. The van der Waals surface area contributed by atoms with Gasteiger partial charge in [-0.15, -0.1) is 0 Å². The van der Waals surface area contributed by atoms with Gasteiger partial charge in [0.25, 0.3) is 0 Å². The average Bonchev–Trinajstić information content (AvgIpc) is 3.00. The van der Waals surface area contributed by atoms with Crippen LogP contribution in [0.5, 0.6) is 5.75 Å². The molecule has 1 aromatic carbocycles. The largest absolute Gasteiger partial charge is 0.496 e. The first-order valence-corrected chi connectivity index (χ1v) is 10.6. The Bertz CT molecular complexity index is 775. The molecule has 0 saturated carbocycles. The van der Waals surface area contributed by atoms with E-state index in [1.165, 1.54) is 6.42 Å². The highest BCUT2D eigenvalue weighted by molar-refractivity contribution is 6.05. The zero-order chi connectivity index (χ0) is 20.1. The maximum Gasteiger partial charge on any atom is 0.136 e. The molecule has 3 heterocycles. The van der Waals surface area contributed by atoms with Gasteiger partial charge in [-0.3, -0.25) is 9.89 Å². The summed E-state index contributed by atoms with van der Waals surface area (Å²) in [7, 11) is 3.46. The quantitative estimate of drug-likeness (QED) is 0.837. The summed E-state index contributed by atoms with van der Waals surface area (Å²) in [6, 6.07) is 6.06. The fourth-order valence-corrected chi connectivity index (χ4v) is 5.98. The Hall–Kier alpha value is -1.43. The fourth-order valence-electron chi connectivity index (χ4n) is 5.98. The van der Waals surface area contributed by atoms with Crippen LogP contribution in [0, 0.1) is 17.3 Å². The van der Waals surface area contributed by atoms with Crippen LogP contribution in [0.25, 0.3) is 0 Å². The van der Waals surface area contributed by atoms with Crippen molar-refractivity contribution in [2.24, 2.45) is 22.2 Å². The molecule has 0 unspecified atom stereocenters. The Morgan fingerprint density at radius 1 is 1.32 bits per heavy atom. The minimum Gasteiger partial charge on any atom is -0.496 e. The minimum absolute atomic E-state index is 0.0980. The van der Waals surface area contributed by atoms with Gasteiger partial charge in [0.15, 0.2) is 0 Å². The van der Waals surface area contributed by atoms with E-state index in [-0.39, 0.29) is 11.5 Å². The number of rotatable bonds is 5. The van der Waals surface area contributed by atoms with Crippen LogP contribution < -0.4 is 4.74 Å². The van der Waals surface area contributed by atoms with E-state index >= 15 is 0 Å². The number of hydrogen-bond acceptors (Lipinski definition) is 5. The van der Waals surface area contributed by atoms with Crippen LogP contribution in [0.15, 0.2) is 23.2 Å². The molecule has 1 N–H and O–H groups in total. The number of methoxy groups -OCH3 is 2. The second-order valence-corrected chi connectivity index (χ2v) is 9.40. The van der Waals surface area contributed by atoms with E-state index in [0.29, 0.717) is 18.3 Å². The van der Waals surface area contributed by atoms with Crippen LogP contribution in [0.1, 0.15) is 45.6 Å². The molecule has 5 heteroatoms. The molecule has 3 aliphatic heterocycles. The lowest BCUT2D eigenvalue weighted by atomic mass is 9.63. The fraction of sp³-hybridized carbons (Fsp3) is 0.696. The monoisotopic (exact) mass is 386 g/mol. The van der Waals surface area contributed by atoms with Crippen molar-refractivity contribution in [3.8, 4) is 5.75 Å². The SMILES string of the molecule is CC[C@@H]1CN2CC[C@@]3(O)C(=Nc4cccc(OC)c43)[C@@H]2C[C@@H]1C(C)(C)COC. The van der Waals surface area contributed by atoms with Crippen LogP contribution in [0.2, 0.25) is 0 Å². The van der Waals surface area contributed by atoms with Gasteiger partial charge in [0.1, 0.15) is 11.4 Å². The van der Waals surface area contributed by atoms with Crippen LogP contribution in [0.4, 0.5) is 5.69 Å². The second-order valence-electron chi connectivity index (χ2n) is 9.40. The summed E-state index contributed by atoms with van der Waals surface area (Å²) in [5.74, 6) is 1.92. The van der Waals surface area contributed by atoms with Gasteiger partial charge in [0.05, 0.1) is 36.7 Å². The summed E-state index contributed by atoms with van der Waals surface area (Å²) in [6.07, 6.45) is 2.87.